The monoisotopic (exact) mass is 201 g/mol. The molecular formula is C10H13F2NO. The maximum atomic E-state index is 13.1. The summed E-state index contributed by atoms with van der Waals surface area (Å²) in [5, 5.41) is 0. The van der Waals surface area contributed by atoms with E-state index in [9.17, 15) is 8.78 Å². The Bertz CT molecular complexity index is 306. The zero-order valence-electron chi connectivity index (χ0n) is 8.18. The zero-order chi connectivity index (χ0) is 10.8. The second kappa shape index (κ2) is 3.92. The standard InChI is InChI=1S/C10H13F2NO/c1-10(2,6-13)14-9-7(11)4-3-5-8(9)12/h3-5H,6,13H2,1-2H3. The number of para-hydroxylation sites is 1. The fourth-order valence-corrected chi connectivity index (χ4v) is 0.898. The Morgan fingerprint density at radius 1 is 1.29 bits per heavy atom. The van der Waals surface area contributed by atoms with Gasteiger partial charge in [0.25, 0.3) is 0 Å². The molecule has 0 fully saturated rings. The van der Waals surface area contributed by atoms with Gasteiger partial charge < -0.3 is 10.5 Å². The lowest BCUT2D eigenvalue weighted by Crippen LogP contribution is -2.37. The van der Waals surface area contributed by atoms with E-state index in [1.807, 2.05) is 0 Å². The van der Waals surface area contributed by atoms with Crippen LogP contribution in [0.3, 0.4) is 0 Å². The molecule has 0 amide bonds. The fraction of sp³-hybridized carbons (Fsp3) is 0.400. The average molecular weight is 201 g/mol. The minimum Gasteiger partial charge on any atom is -0.480 e. The van der Waals surface area contributed by atoms with E-state index in [0.717, 1.165) is 12.1 Å². The second-order valence-electron chi connectivity index (χ2n) is 3.62. The summed E-state index contributed by atoms with van der Waals surface area (Å²) in [5.74, 6) is -1.80. The van der Waals surface area contributed by atoms with Gasteiger partial charge in [-0.2, -0.15) is 0 Å². The second-order valence-corrected chi connectivity index (χ2v) is 3.62. The van der Waals surface area contributed by atoms with Crippen molar-refractivity contribution in [3.63, 3.8) is 0 Å². The van der Waals surface area contributed by atoms with Gasteiger partial charge in [-0.1, -0.05) is 6.07 Å². The van der Waals surface area contributed by atoms with Crippen LogP contribution in [0.4, 0.5) is 8.78 Å². The van der Waals surface area contributed by atoms with Gasteiger partial charge in [-0.3, -0.25) is 0 Å². The number of nitrogens with two attached hydrogens (primary N) is 1. The number of halogens is 2. The van der Waals surface area contributed by atoms with Crippen LogP contribution in [0.2, 0.25) is 0 Å². The number of hydrogen-bond donors (Lipinski definition) is 1. The Hall–Kier alpha value is -1.16. The summed E-state index contributed by atoms with van der Waals surface area (Å²) in [6.45, 7) is 3.51. The summed E-state index contributed by atoms with van der Waals surface area (Å²) in [5.41, 5.74) is 4.61. The molecule has 2 nitrogen and oxygen atoms in total. The average Bonchev–Trinajstić information content (AvgIpc) is 2.12. The molecule has 0 radical (unpaired) electrons. The predicted molar refractivity (Wildman–Crippen MR) is 50.1 cm³/mol. The van der Waals surface area contributed by atoms with Crippen LogP contribution in [0, 0.1) is 11.6 Å². The SMILES string of the molecule is CC(C)(CN)Oc1c(F)cccc1F. The van der Waals surface area contributed by atoms with Crippen molar-refractivity contribution in [3.05, 3.63) is 29.8 Å². The molecule has 1 aromatic carbocycles. The Balaban J connectivity index is 2.97. The van der Waals surface area contributed by atoms with Gasteiger partial charge in [0.1, 0.15) is 5.60 Å². The van der Waals surface area contributed by atoms with Crippen LogP contribution in [-0.2, 0) is 0 Å². The van der Waals surface area contributed by atoms with Gasteiger partial charge >= 0.3 is 0 Å². The van der Waals surface area contributed by atoms with Crippen LogP contribution >= 0.6 is 0 Å². The normalized spacial score (nSPS) is 11.5. The summed E-state index contributed by atoms with van der Waals surface area (Å²) in [4.78, 5) is 0. The first-order valence-electron chi connectivity index (χ1n) is 4.29. The van der Waals surface area contributed by atoms with Crippen molar-refractivity contribution >= 4 is 0 Å². The van der Waals surface area contributed by atoms with E-state index < -0.39 is 17.2 Å². The Labute approximate surface area is 81.7 Å². The van der Waals surface area contributed by atoms with Crippen molar-refractivity contribution in [1.82, 2.24) is 0 Å². The highest BCUT2D eigenvalue weighted by atomic mass is 19.1. The van der Waals surface area contributed by atoms with Crippen molar-refractivity contribution in [3.8, 4) is 5.75 Å². The molecule has 0 spiro atoms. The van der Waals surface area contributed by atoms with Crippen molar-refractivity contribution in [1.29, 1.82) is 0 Å². The fourth-order valence-electron chi connectivity index (χ4n) is 0.898. The van der Waals surface area contributed by atoms with E-state index in [1.165, 1.54) is 6.07 Å². The van der Waals surface area contributed by atoms with Crippen LogP contribution in [0.25, 0.3) is 0 Å². The molecule has 0 aromatic heterocycles. The van der Waals surface area contributed by atoms with E-state index in [0.29, 0.717) is 0 Å². The maximum absolute atomic E-state index is 13.1. The van der Waals surface area contributed by atoms with Gasteiger partial charge in [0.2, 0.25) is 0 Å². The molecule has 78 valence electrons. The van der Waals surface area contributed by atoms with Gasteiger partial charge in [0, 0.05) is 6.54 Å². The summed E-state index contributed by atoms with van der Waals surface area (Å²) < 4.78 is 31.4. The molecule has 0 saturated heterocycles. The molecule has 0 aliphatic rings. The van der Waals surface area contributed by atoms with Gasteiger partial charge in [-0.25, -0.2) is 8.78 Å². The largest absolute Gasteiger partial charge is 0.480 e. The van der Waals surface area contributed by atoms with Crippen molar-refractivity contribution in [2.24, 2.45) is 5.73 Å². The number of benzene rings is 1. The molecule has 1 aromatic rings. The molecule has 0 saturated carbocycles. The van der Waals surface area contributed by atoms with Crippen molar-refractivity contribution in [2.45, 2.75) is 19.4 Å². The highest BCUT2D eigenvalue weighted by Crippen LogP contribution is 2.24. The van der Waals surface area contributed by atoms with Gasteiger partial charge in [-0.15, -0.1) is 0 Å². The van der Waals surface area contributed by atoms with Crippen LogP contribution in [0.15, 0.2) is 18.2 Å². The summed E-state index contributed by atoms with van der Waals surface area (Å²) >= 11 is 0. The highest BCUT2D eigenvalue weighted by Gasteiger charge is 2.21. The van der Waals surface area contributed by atoms with Crippen molar-refractivity contribution < 1.29 is 13.5 Å². The zero-order valence-corrected chi connectivity index (χ0v) is 8.18. The lowest BCUT2D eigenvalue weighted by molar-refractivity contribution is 0.106. The third kappa shape index (κ3) is 2.42. The first-order chi connectivity index (χ1) is 6.46. The quantitative estimate of drug-likeness (QED) is 0.812. The van der Waals surface area contributed by atoms with Crippen LogP contribution in [0.5, 0.6) is 5.75 Å². The van der Waals surface area contributed by atoms with E-state index >= 15 is 0 Å². The highest BCUT2D eigenvalue weighted by molar-refractivity contribution is 5.26. The first kappa shape index (κ1) is 10.9. The van der Waals surface area contributed by atoms with Crippen LogP contribution < -0.4 is 10.5 Å². The van der Waals surface area contributed by atoms with E-state index in [2.05, 4.69) is 0 Å². The van der Waals surface area contributed by atoms with E-state index in [-0.39, 0.29) is 12.3 Å². The summed E-state index contributed by atoms with van der Waals surface area (Å²) in [7, 11) is 0. The molecule has 4 heteroatoms. The Morgan fingerprint density at radius 3 is 2.21 bits per heavy atom. The lowest BCUT2D eigenvalue weighted by Gasteiger charge is -2.24. The number of hydrogen-bond acceptors (Lipinski definition) is 2. The van der Waals surface area contributed by atoms with Gasteiger partial charge in [0.05, 0.1) is 0 Å². The molecule has 0 heterocycles. The van der Waals surface area contributed by atoms with Gasteiger partial charge in [-0.05, 0) is 26.0 Å². The first-order valence-corrected chi connectivity index (χ1v) is 4.29. The molecule has 2 N–H and O–H groups in total. The number of ether oxygens (including phenoxy) is 1. The smallest absolute Gasteiger partial charge is 0.191 e. The van der Waals surface area contributed by atoms with Crippen LogP contribution in [0.1, 0.15) is 13.8 Å². The molecule has 1 rings (SSSR count). The molecule has 0 aliphatic heterocycles. The Morgan fingerprint density at radius 2 is 1.79 bits per heavy atom. The minimum atomic E-state index is -0.775. The van der Waals surface area contributed by atoms with E-state index in [1.54, 1.807) is 13.8 Å². The molecule has 0 bridgehead atoms. The topological polar surface area (TPSA) is 35.2 Å². The predicted octanol–water partition coefficient (Wildman–Crippen LogP) is 2.08. The van der Waals surface area contributed by atoms with Crippen molar-refractivity contribution in [2.75, 3.05) is 6.54 Å². The van der Waals surface area contributed by atoms with Crippen LogP contribution in [-0.4, -0.2) is 12.1 Å². The molecule has 14 heavy (non-hydrogen) atoms. The lowest BCUT2D eigenvalue weighted by atomic mass is 10.1. The minimum absolute atomic E-state index is 0.181. The molecule has 0 unspecified atom stereocenters. The molecular weight excluding hydrogens is 188 g/mol. The molecule has 0 atom stereocenters. The summed E-state index contributed by atoms with van der Waals surface area (Å²) in [6.07, 6.45) is 0. The third-order valence-electron chi connectivity index (χ3n) is 1.79. The number of rotatable bonds is 3. The molecule has 0 aliphatic carbocycles. The third-order valence-corrected chi connectivity index (χ3v) is 1.79. The van der Waals surface area contributed by atoms with E-state index in [4.69, 9.17) is 10.5 Å². The maximum Gasteiger partial charge on any atom is 0.191 e. The summed E-state index contributed by atoms with van der Waals surface area (Å²) in [6, 6.07) is 3.57. The Kier molecular flexibility index (Phi) is 3.06. The van der Waals surface area contributed by atoms with Gasteiger partial charge in [0.15, 0.2) is 17.4 Å².